The first-order valence-electron chi connectivity index (χ1n) is 5.28. The number of amidine groups is 1. The predicted octanol–water partition coefficient (Wildman–Crippen LogP) is 2.74. The van der Waals surface area contributed by atoms with Crippen LogP contribution in [0.25, 0.3) is 0 Å². The van der Waals surface area contributed by atoms with Gasteiger partial charge in [-0.05, 0) is 17.6 Å². The maximum Gasteiger partial charge on any atom is 0.240 e. The minimum atomic E-state index is 0.170. The van der Waals surface area contributed by atoms with Crippen molar-refractivity contribution < 1.29 is 4.84 Å². The van der Waals surface area contributed by atoms with Crippen LogP contribution in [0.4, 0.5) is 0 Å². The van der Waals surface area contributed by atoms with Gasteiger partial charge in [0.1, 0.15) is 0 Å². The Morgan fingerprint density at radius 3 is 2.25 bits per heavy atom. The van der Waals surface area contributed by atoms with Crippen LogP contribution >= 0.6 is 0 Å². The van der Waals surface area contributed by atoms with Crippen LogP contribution in [0.2, 0.25) is 0 Å². The number of hydroxylamine groups is 1. The third-order valence-electron chi connectivity index (χ3n) is 2.53. The number of aliphatic imine (C=N–C) groups is 1. The zero-order valence-corrected chi connectivity index (χ0v) is 9.87. The first kappa shape index (κ1) is 10.7. The minimum Gasteiger partial charge on any atom is -0.361 e. The Bertz CT molecular complexity index is 438. The van der Waals surface area contributed by atoms with Gasteiger partial charge in [-0.3, -0.25) is 0 Å². The Kier molecular flexibility index (Phi) is 2.46. The summed E-state index contributed by atoms with van der Waals surface area (Å²) in [5.41, 5.74) is 5.21. The number of rotatable bonds is 1. The molecule has 3 heteroatoms. The lowest BCUT2D eigenvalue weighted by Gasteiger charge is -2.19. The van der Waals surface area contributed by atoms with Crippen molar-refractivity contribution >= 4 is 5.84 Å². The van der Waals surface area contributed by atoms with Crippen molar-refractivity contribution in [3.63, 3.8) is 0 Å². The lowest BCUT2D eigenvalue weighted by molar-refractivity contribution is 0.179. The van der Waals surface area contributed by atoms with Crippen molar-refractivity contribution in [3.8, 4) is 0 Å². The van der Waals surface area contributed by atoms with Crippen LogP contribution in [-0.4, -0.2) is 5.84 Å². The van der Waals surface area contributed by atoms with Gasteiger partial charge in [-0.1, -0.05) is 45.0 Å². The fourth-order valence-corrected chi connectivity index (χ4v) is 1.53. The number of nitrogens with one attached hydrogen (secondary N) is 1. The first-order chi connectivity index (χ1) is 7.47. The summed E-state index contributed by atoms with van der Waals surface area (Å²) in [6, 6.07) is 8.30. The molecule has 2 rings (SSSR count). The second-order valence-corrected chi connectivity index (χ2v) is 4.89. The summed E-state index contributed by atoms with van der Waals surface area (Å²) < 4.78 is 0. The van der Waals surface area contributed by atoms with Crippen molar-refractivity contribution in [1.82, 2.24) is 5.48 Å². The van der Waals surface area contributed by atoms with Crippen LogP contribution in [0.1, 0.15) is 31.9 Å². The van der Waals surface area contributed by atoms with Gasteiger partial charge >= 0.3 is 0 Å². The zero-order chi connectivity index (χ0) is 11.8. The summed E-state index contributed by atoms with van der Waals surface area (Å²) in [6.45, 7) is 10.2. The molecule has 3 nitrogen and oxygen atoms in total. The molecule has 0 saturated heterocycles. The summed E-state index contributed by atoms with van der Waals surface area (Å²) >= 11 is 0. The highest BCUT2D eigenvalue weighted by Crippen LogP contribution is 2.22. The molecule has 1 heterocycles. The SMILES string of the molecule is C=C1N=C(c2ccc(C(C)(C)C)cc2)NO1. The summed E-state index contributed by atoms with van der Waals surface area (Å²) in [5, 5.41) is 0. The van der Waals surface area contributed by atoms with E-state index in [2.05, 4.69) is 50.0 Å². The summed E-state index contributed by atoms with van der Waals surface area (Å²) in [4.78, 5) is 9.11. The molecule has 1 aromatic rings. The molecule has 1 N–H and O–H groups in total. The number of hydrogen-bond acceptors (Lipinski definition) is 3. The Hall–Kier alpha value is -1.77. The highest BCUT2D eigenvalue weighted by molar-refractivity contribution is 5.99. The van der Waals surface area contributed by atoms with Crippen molar-refractivity contribution in [1.29, 1.82) is 0 Å². The van der Waals surface area contributed by atoms with E-state index in [1.807, 2.05) is 12.1 Å². The molecule has 1 aromatic carbocycles. The van der Waals surface area contributed by atoms with E-state index in [9.17, 15) is 0 Å². The summed E-state index contributed by atoms with van der Waals surface area (Å²) in [7, 11) is 0. The minimum absolute atomic E-state index is 0.170. The van der Waals surface area contributed by atoms with Gasteiger partial charge in [0.25, 0.3) is 0 Å². The second-order valence-electron chi connectivity index (χ2n) is 4.89. The third kappa shape index (κ3) is 2.08. The van der Waals surface area contributed by atoms with Gasteiger partial charge in [-0.15, -0.1) is 0 Å². The molecule has 84 valence electrons. The fraction of sp³-hybridized carbons (Fsp3) is 0.308. The average Bonchev–Trinajstić information content (AvgIpc) is 2.64. The van der Waals surface area contributed by atoms with E-state index in [-0.39, 0.29) is 5.41 Å². The van der Waals surface area contributed by atoms with Gasteiger partial charge in [0.05, 0.1) is 0 Å². The van der Waals surface area contributed by atoms with Crippen LogP contribution in [0.15, 0.2) is 41.7 Å². The van der Waals surface area contributed by atoms with Gasteiger partial charge in [0.15, 0.2) is 5.84 Å². The van der Waals surface area contributed by atoms with E-state index in [0.29, 0.717) is 11.7 Å². The fourth-order valence-electron chi connectivity index (χ4n) is 1.53. The second kappa shape index (κ2) is 3.67. The maximum absolute atomic E-state index is 4.97. The molecule has 0 atom stereocenters. The normalized spacial score (nSPS) is 15.4. The molecule has 0 radical (unpaired) electrons. The quantitative estimate of drug-likeness (QED) is 0.783. The van der Waals surface area contributed by atoms with Crippen molar-refractivity contribution in [2.24, 2.45) is 4.99 Å². The maximum atomic E-state index is 4.97. The smallest absolute Gasteiger partial charge is 0.240 e. The van der Waals surface area contributed by atoms with E-state index < -0.39 is 0 Å². The standard InChI is InChI=1S/C13H16N2O/c1-9-14-12(15-16-9)10-5-7-11(8-6-10)13(2,3)4/h5-8H,1H2,2-4H3,(H,14,15). The molecule has 1 aliphatic rings. The van der Waals surface area contributed by atoms with Crippen LogP contribution in [0, 0.1) is 0 Å². The third-order valence-corrected chi connectivity index (χ3v) is 2.53. The Morgan fingerprint density at radius 2 is 1.81 bits per heavy atom. The topological polar surface area (TPSA) is 33.6 Å². The Labute approximate surface area is 95.8 Å². The molecule has 0 aliphatic carbocycles. The number of nitrogens with zero attached hydrogens (tertiary/aromatic N) is 1. The van der Waals surface area contributed by atoms with Gasteiger partial charge in [0, 0.05) is 5.56 Å². The van der Waals surface area contributed by atoms with Gasteiger partial charge in [-0.25, -0.2) is 5.48 Å². The molecule has 0 fully saturated rings. The molecule has 0 aromatic heterocycles. The van der Waals surface area contributed by atoms with Crippen LogP contribution < -0.4 is 5.48 Å². The molecule has 0 bridgehead atoms. The van der Waals surface area contributed by atoms with Crippen molar-refractivity contribution in [2.75, 3.05) is 0 Å². The van der Waals surface area contributed by atoms with Crippen LogP contribution in [-0.2, 0) is 10.3 Å². The van der Waals surface area contributed by atoms with E-state index in [0.717, 1.165) is 5.56 Å². The molecule has 16 heavy (non-hydrogen) atoms. The van der Waals surface area contributed by atoms with Gasteiger partial charge in [-0.2, -0.15) is 4.99 Å². The van der Waals surface area contributed by atoms with Gasteiger partial charge in [0.2, 0.25) is 5.88 Å². The molecule has 0 saturated carbocycles. The molecule has 0 unspecified atom stereocenters. The average molecular weight is 216 g/mol. The molecular formula is C13H16N2O. The van der Waals surface area contributed by atoms with Crippen LogP contribution in [0.5, 0.6) is 0 Å². The van der Waals surface area contributed by atoms with E-state index in [1.165, 1.54) is 5.56 Å². The number of hydrogen-bond donors (Lipinski definition) is 1. The van der Waals surface area contributed by atoms with E-state index in [4.69, 9.17) is 4.84 Å². The Balaban J connectivity index is 2.27. The highest BCUT2D eigenvalue weighted by atomic mass is 16.7. The lowest BCUT2D eigenvalue weighted by atomic mass is 9.87. The highest BCUT2D eigenvalue weighted by Gasteiger charge is 2.15. The van der Waals surface area contributed by atoms with E-state index >= 15 is 0 Å². The molecule has 0 amide bonds. The van der Waals surface area contributed by atoms with Crippen molar-refractivity contribution in [3.05, 3.63) is 47.9 Å². The predicted molar refractivity (Wildman–Crippen MR) is 65.0 cm³/mol. The van der Waals surface area contributed by atoms with Crippen molar-refractivity contribution in [2.45, 2.75) is 26.2 Å². The Morgan fingerprint density at radius 1 is 1.19 bits per heavy atom. The van der Waals surface area contributed by atoms with E-state index in [1.54, 1.807) is 0 Å². The monoisotopic (exact) mass is 216 g/mol. The number of benzene rings is 1. The first-order valence-corrected chi connectivity index (χ1v) is 5.28. The summed E-state index contributed by atoms with van der Waals surface area (Å²) in [5.74, 6) is 1.11. The molecular weight excluding hydrogens is 200 g/mol. The van der Waals surface area contributed by atoms with Crippen LogP contribution in [0.3, 0.4) is 0 Å². The summed E-state index contributed by atoms with van der Waals surface area (Å²) in [6.07, 6.45) is 0. The largest absolute Gasteiger partial charge is 0.361 e. The van der Waals surface area contributed by atoms with Gasteiger partial charge < -0.3 is 4.84 Å². The molecule has 0 spiro atoms. The molecule has 1 aliphatic heterocycles. The lowest BCUT2D eigenvalue weighted by Crippen LogP contribution is -2.18. The zero-order valence-electron chi connectivity index (χ0n) is 9.87.